The maximum absolute atomic E-state index is 11.9. The molecule has 0 fully saturated rings. The molecule has 134 valence electrons. The second kappa shape index (κ2) is 7.44. The summed E-state index contributed by atoms with van der Waals surface area (Å²) in [5, 5.41) is 8.98. The average Bonchev–Trinajstić information content (AvgIpc) is 2.85. The molecule has 0 aromatic heterocycles. The molecule has 0 radical (unpaired) electrons. The van der Waals surface area contributed by atoms with Gasteiger partial charge >= 0.3 is 0 Å². The fraction of sp³-hybridized carbons (Fsp3) is 0.316. The predicted octanol–water partition coefficient (Wildman–Crippen LogP) is 3.49. The van der Waals surface area contributed by atoms with Gasteiger partial charge in [0, 0.05) is 24.2 Å². The van der Waals surface area contributed by atoms with E-state index in [-0.39, 0.29) is 17.9 Å². The normalized spacial score (nSPS) is 15.2. The van der Waals surface area contributed by atoms with Crippen LogP contribution in [0.25, 0.3) is 0 Å². The standard InChI is InChI=1S/C19H22N2O3.ClH/c1-19(2)17-6-4-5-15(18(22)20-23)16(17)12-21(19)11-13-7-9-14(24-3)10-8-13;/h4-10,23H,11-12H2,1-3H3,(H,20,22);1H. The van der Waals surface area contributed by atoms with Crippen molar-refractivity contribution >= 4 is 18.3 Å². The quantitative estimate of drug-likeness (QED) is 0.645. The minimum absolute atomic E-state index is 0. The Hall–Kier alpha value is -2.08. The van der Waals surface area contributed by atoms with Crippen molar-refractivity contribution in [3.05, 3.63) is 64.7 Å². The number of benzene rings is 2. The van der Waals surface area contributed by atoms with Gasteiger partial charge in [-0.1, -0.05) is 24.3 Å². The minimum Gasteiger partial charge on any atom is -0.497 e. The van der Waals surface area contributed by atoms with Crippen molar-refractivity contribution in [2.45, 2.75) is 32.5 Å². The maximum Gasteiger partial charge on any atom is 0.274 e. The Balaban J connectivity index is 0.00000225. The first kappa shape index (κ1) is 19.2. The summed E-state index contributed by atoms with van der Waals surface area (Å²) in [6, 6.07) is 13.7. The van der Waals surface area contributed by atoms with Crippen LogP contribution in [0.1, 0.15) is 40.9 Å². The van der Waals surface area contributed by atoms with Crippen molar-refractivity contribution in [1.29, 1.82) is 0 Å². The zero-order chi connectivity index (χ0) is 17.3. The highest BCUT2D eigenvalue weighted by Crippen LogP contribution is 2.41. The number of rotatable bonds is 4. The number of amides is 1. The molecule has 0 spiro atoms. The van der Waals surface area contributed by atoms with Crippen molar-refractivity contribution in [3.8, 4) is 5.75 Å². The highest BCUT2D eigenvalue weighted by atomic mass is 35.5. The van der Waals surface area contributed by atoms with E-state index in [4.69, 9.17) is 9.94 Å². The molecule has 2 aromatic rings. The molecular weight excluding hydrogens is 340 g/mol. The smallest absolute Gasteiger partial charge is 0.274 e. The third kappa shape index (κ3) is 3.49. The molecule has 25 heavy (non-hydrogen) atoms. The van der Waals surface area contributed by atoms with Crippen LogP contribution in [-0.4, -0.2) is 23.1 Å². The number of nitrogens with one attached hydrogen (secondary N) is 1. The van der Waals surface area contributed by atoms with Gasteiger partial charge < -0.3 is 4.74 Å². The molecule has 0 unspecified atom stereocenters. The van der Waals surface area contributed by atoms with Gasteiger partial charge in [0.05, 0.1) is 7.11 Å². The van der Waals surface area contributed by atoms with E-state index in [0.29, 0.717) is 12.1 Å². The fourth-order valence-corrected chi connectivity index (χ4v) is 3.37. The highest BCUT2D eigenvalue weighted by Gasteiger charge is 2.38. The largest absolute Gasteiger partial charge is 0.497 e. The SMILES string of the molecule is COc1ccc(CN2Cc3c(C(=O)NO)cccc3C2(C)C)cc1.Cl. The summed E-state index contributed by atoms with van der Waals surface area (Å²) in [7, 11) is 1.66. The van der Waals surface area contributed by atoms with E-state index in [1.54, 1.807) is 18.7 Å². The molecule has 2 aromatic carbocycles. The molecule has 0 saturated heterocycles. The van der Waals surface area contributed by atoms with Crippen LogP contribution >= 0.6 is 12.4 Å². The van der Waals surface area contributed by atoms with E-state index in [1.165, 1.54) is 5.56 Å². The summed E-state index contributed by atoms with van der Waals surface area (Å²) in [5.41, 5.74) is 5.36. The number of nitrogens with zero attached hydrogens (tertiary/aromatic N) is 1. The Morgan fingerprint density at radius 2 is 1.92 bits per heavy atom. The Kier molecular flexibility index (Phi) is 5.72. The molecule has 1 amide bonds. The third-order valence-electron chi connectivity index (χ3n) is 4.85. The van der Waals surface area contributed by atoms with Crippen LogP contribution in [0.4, 0.5) is 0 Å². The van der Waals surface area contributed by atoms with Crippen LogP contribution in [0.5, 0.6) is 5.75 Å². The number of halogens is 1. The average molecular weight is 363 g/mol. The summed E-state index contributed by atoms with van der Waals surface area (Å²) < 4.78 is 5.20. The predicted molar refractivity (Wildman–Crippen MR) is 98.2 cm³/mol. The first-order valence-electron chi connectivity index (χ1n) is 7.92. The molecule has 0 atom stereocenters. The van der Waals surface area contributed by atoms with E-state index in [9.17, 15) is 4.79 Å². The van der Waals surface area contributed by atoms with Crippen LogP contribution in [0.3, 0.4) is 0 Å². The molecule has 0 aliphatic carbocycles. The van der Waals surface area contributed by atoms with E-state index in [1.807, 2.05) is 18.2 Å². The zero-order valence-corrected chi connectivity index (χ0v) is 15.4. The Morgan fingerprint density at radius 1 is 1.24 bits per heavy atom. The summed E-state index contributed by atoms with van der Waals surface area (Å²) in [6.45, 7) is 5.75. The van der Waals surface area contributed by atoms with Crippen molar-refractivity contribution in [3.63, 3.8) is 0 Å². The van der Waals surface area contributed by atoms with E-state index < -0.39 is 5.91 Å². The Bertz CT molecular complexity index is 760. The molecule has 0 saturated carbocycles. The molecule has 1 aliphatic heterocycles. The van der Waals surface area contributed by atoms with Gasteiger partial charge in [0.1, 0.15) is 5.75 Å². The molecule has 1 heterocycles. The number of ether oxygens (including phenoxy) is 1. The summed E-state index contributed by atoms with van der Waals surface area (Å²) in [6.07, 6.45) is 0. The second-order valence-corrected chi connectivity index (χ2v) is 6.54. The summed E-state index contributed by atoms with van der Waals surface area (Å²) >= 11 is 0. The number of hydrogen-bond acceptors (Lipinski definition) is 4. The van der Waals surface area contributed by atoms with Gasteiger partial charge in [-0.15, -0.1) is 12.4 Å². The molecule has 6 heteroatoms. The lowest BCUT2D eigenvalue weighted by Gasteiger charge is -2.32. The van der Waals surface area contributed by atoms with Gasteiger partial charge in [0.25, 0.3) is 5.91 Å². The van der Waals surface area contributed by atoms with Crippen LogP contribution < -0.4 is 10.2 Å². The number of carbonyl (C=O) groups excluding carboxylic acids is 1. The Labute approximate surface area is 154 Å². The maximum atomic E-state index is 11.9. The lowest BCUT2D eigenvalue weighted by molar-refractivity contribution is 0.0704. The van der Waals surface area contributed by atoms with Crippen LogP contribution in [-0.2, 0) is 18.6 Å². The molecule has 3 rings (SSSR count). The molecule has 5 nitrogen and oxygen atoms in total. The zero-order valence-electron chi connectivity index (χ0n) is 14.6. The van der Waals surface area contributed by atoms with Crippen LogP contribution in [0.2, 0.25) is 0 Å². The van der Waals surface area contributed by atoms with Gasteiger partial charge in [-0.2, -0.15) is 0 Å². The summed E-state index contributed by atoms with van der Waals surface area (Å²) in [4.78, 5) is 14.3. The second-order valence-electron chi connectivity index (χ2n) is 6.54. The summed E-state index contributed by atoms with van der Waals surface area (Å²) in [5.74, 6) is 0.374. The first-order valence-corrected chi connectivity index (χ1v) is 7.92. The number of fused-ring (bicyclic) bond motifs is 1. The van der Waals surface area contributed by atoms with Crippen molar-refractivity contribution in [1.82, 2.24) is 10.4 Å². The molecular formula is C19H23ClN2O3. The van der Waals surface area contributed by atoms with Gasteiger partial charge in [-0.05, 0) is 48.7 Å². The highest BCUT2D eigenvalue weighted by molar-refractivity contribution is 5.95. The number of carbonyl (C=O) groups is 1. The van der Waals surface area contributed by atoms with Crippen LogP contribution in [0, 0.1) is 0 Å². The van der Waals surface area contributed by atoms with Gasteiger partial charge in [0.2, 0.25) is 0 Å². The van der Waals surface area contributed by atoms with Crippen molar-refractivity contribution < 1.29 is 14.7 Å². The number of hydroxylamine groups is 1. The number of methoxy groups -OCH3 is 1. The van der Waals surface area contributed by atoms with Crippen LogP contribution in [0.15, 0.2) is 42.5 Å². The van der Waals surface area contributed by atoms with Gasteiger partial charge in [0.15, 0.2) is 0 Å². The first-order chi connectivity index (χ1) is 11.5. The van der Waals surface area contributed by atoms with Gasteiger partial charge in [-0.25, -0.2) is 5.48 Å². The monoisotopic (exact) mass is 362 g/mol. The lowest BCUT2D eigenvalue weighted by atomic mass is 9.91. The topological polar surface area (TPSA) is 61.8 Å². The third-order valence-corrected chi connectivity index (χ3v) is 4.85. The minimum atomic E-state index is -0.464. The molecule has 1 aliphatic rings. The Morgan fingerprint density at radius 3 is 2.52 bits per heavy atom. The van der Waals surface area contributed by atoms with Crippen molar-refractivity contribution in [2.24, 2.45) is 0 Å². The number of hydrogen-bond donors (Lipinski definition) is 2. The molecule has 2 N–H and O–H groups in total. The van der Waals surface area contributed by atoms with Crippen molar-refractivity contribution in [2.75, 3.05) is 7.11 Å². The fourth-order valence-electron chi connectivity index (χ4n) is 3.37. The van der Waals surface area contributed by atoms with Gasteiger partial charge in [-0.3, -0.25) is 14.9 Å². The van der Waals surface area contributed by atoms with E-state index in [0.717, 1.165) is 23.4 Å². The molecule has 0 bridgehead atoms. The van der Waals surface area contributed by atoms with E-state index in [2.05, 4.69) is 36.9 Å². The van der Waals surface area contributed by atoms with E-state index >= 15 is 0 Å². The lowest BCUT2D eigenvalue weighted by Crippen LogP contribution is -2.34.